The summed E-state index contributed by atoms with van der Waals surface area (Å²) in [6, 6.07) is 11.7. The van der Waals surface area contributed by atoms with Crippen LogP contribution in [-0.2, 0) is 0 Å². The fraction of sp³-hybridized carbons (Fsp3) is 0.227. The molecular weight excluding hydrogens is 407 g/mol. The molecule has 0 radical (unpaired) electrons. The Morgan fingerprint density at radius 2 is 1.67 bits per heavy atom. The van der Waals surface area contributed by atoms with E-state index in [1.54, 1.807) is 22.0 Å². The van der Waals surface area contributed by atoms with Crippen molar-refractivity contribution in [1.29, 1.82) is 0 Å². The van der Waals surface area contributed by atoms with Gasteiger partial charge in [-0.3, -0.25) is 9.59 Å². The van der Waals surface area contributed by atoms with Gasteiger partial charge in [0.25, 0.3) is 11.8 Å². The summed E-state index contributed by atoms with van der Waals surface area (Å²) in [4.78, 5) is 28.7. The maximum atomic E-state index is 14.0. The third kappa shape index (κ3) is 3.93. The van der Waals surface area contributed by atoms with E-state index in [4.69, 9.17) is 11.6 Å². The smallest absolute Gasteiger partial charge is 0.257 e. The van der Waals surface area contributed by atoms with E-state index in [0.717, 1.165) is 11.3 Å². The summed E-state index contributed by atoms with van der Waals surface area (Å²) in [6.07, 6.45) is 3.26. The molecule has 30 heavy (non-hydrogen) atoms. The predicted molar refractivity (Wildman–Crippen MR) is 112 cm³/mol. The fourth-order valence-corrected chi connectivity index (χ4v) is 3.68. The molecule has 2 amide bonds. The van der Waals surface area contributed by atoms with Crippen LogP contribution in [0.5, 0.6) is 0 Å². The van der Waals surface area contributed by atoms with Gasteiger partial charge < -0.3 is 9.80 Å². The predicted octanol–water partition coefficient (Wildman–Crippen LogP) is 3.57. The van der Waals surface area contributed by atoms with E-state index < -0.39 is 11.7 Å². The van der Waals surface area contributed by atoms with E-state index in [9.17, 15) is 14.0 Å². The van der Waals surface area contributed by atoms with Gasteiger partial charge in [-0.25, -0.2) is 9.07 Å². The molecule has 1 aliphatic rings. The van der Waals surface area contributed by atoms with Gasteiger partial charge in [0.05, 0.1) is 23.0 Å². The Balaban J connectivity index is 1.42. The molecule has 0 saturated carbocycles. The third-order valence-corrected chi connectivity index (χ3v) is 5.44. The number of benzene rings is 2. The van der Waals surface area contributed by atoms with Crippen LogP contribution in [0.3, 0.4) is 0 Å². The van der Waals surface area contributed by atoms with Crippen molar-refractivity contribution in [3.8, 4) is 5.69 Å². The third-order valence-electron chi connectivity index (χ3n) is 5.20. The molecule has 3 aromatic rings. The van der Waals surface area contributed by atoms with Gasteiger partial charge in [-0.05, 0) is 36.8 Å². The van der Waals surface area contributed by atoms with E-state index in [0.29, 0.717) is 36.8 Å². The first-order valence-corrected chi connectivity index (χ1v) is 9.96. The average molecular weight is 427 g/mol. The number of piperazine rings is 1. The van der Waals surface area contributed by atoms with Crippen molar-refractivity contribution in [2.24, 2.45) is 0 Å². The van der Waals surface area contributed by atoms with Gasteiger partial charge in [-0.15, -0.1) is 0 Å². The summed E-state index contributed by atoms with van der Waals surface area (Å²) < 4.78 is 15.7. The lowest BCUT2D eigenvalue weighted by Crippen LogP contribution is -2.50. The lowest BCUT2D eigenvalue weighted by Gasteiger charge is -2.34. The zero-order chi connectivity index (χ0) is 21.3. The lowest BCUT2D eigenvalue weighted by molar-refractivity contribution is 0.0533. The molecule has 8 heteroatoms. The molecule has 1 saturated heterocycles. The highest BCUT2D eigenvalue weighted by molar-refractivity contribution is 6.31. The van der Waals surface area contributed by atoms with Crippen molar-refractivity contribution >= 4 is 23.4 Å². The molecule has 1 aliphatic heterocycles. The minimum Gasteiger partial charge on any atom is -0.335 e. The lowest BCUT2D eigenvalue weighted by atomic mass is 10.1. The van der Waals surface area contributed by atoms with Crippen molar-refractivity contribution in [2.75, 3.05) is 26.2 Å². The van der Waals surface area contributed by atoms with Gasteiger partial charge in [-0.1, -0.05) is 29.8 Å². The Morgan fingerprint density at radius 3 is 2.37 bits per heavy atom. The molecule has 0 spiro atoms. The zero-order valence-electron chi connectivity index (χ0n) is 16.4. The molecule has 0 bridgehead atoms. The molecule has 6 nitrogen and oxygen atoms in total. The van der Waals surface area contributed by atoms with Crippen molar-refractivity contribution < 1.29 is 14.0 Å². The van der Waals surface area contributed by atoms with Gasteiger partial charge >= 0.3 is 0 Å². The summed E-state index contributed by atoms with van der Waals surface area (Å²) in [5.74, 6) is -1.17. The summed E-state index contributed by atoms with van der Waals surface area (Å²) in [5.41, 5.74) is 2.40. The van der Waals surface area contributed by atoms with Gasteiger partial charge in [0.2, 0.25) is 0 Å². The first kappa shape index (κ1) is 20.1. The zero-order valence-corrected chi connectivity index (χ0v) is 17.1. The number of carbonyl (C=O) groups excluding carboxylic acids is 2. The summed E-state index contributed by atoms with van der Waals surface area (Å²) in [7, 11) is 0. The molecule has 2 heterocycles. The maximum Gasteiger partial charge on any atom is 0.257 e. The van der Waals surface area contributed by atoms with Crippen LogP contribution >= 0.6 is 11.6 Å². The van der Waals surface area contributed by atoms with E-state index in [1.165, 1.54) is 23.1 Å². The average Bonchev–Trinajstić information content (AvgIpc) is 3.25. The number of carbonyl (C=O) groups is 2. The van der Waals surface area contributed by atoms with Crippen LogP contribution in [0.4, 0.5) is 4.39 Å². The van der Waals surface area contributed by atoms with E-state index in [1.807, 2.05) is 31.2 Å². The molecule has 4 rings (SSSR count). The molecule has 0 N–H and O–H groups in total. The Morgan fingerprint density at radius 1 is 1.00 bits per heavy atom. The second-order valence-electron chi connectivity index (χ2n) is 7.17. The monoisotopic (exact) mass is 426 g/mol. The number of aromatic nitrogens is 2. The van der Waals surface area contributed by atoms with Crippen LogP contribution in [0.2, 0.25) is 5.02 Å². The number of rotatable bonds is 3. The number of hydrogen-bond donors (Lipinski definition) is 0. The highest BCUT2D eigenvalue weighted by atomic mass is 35.5. The number of amides is 2. The van der Waals surface area contributed by atoms with E-state index in [2.05, 4.69) is 5.10 Å². The van der Waals surface area contributed by atoms with E-state index >= 15 is 0 Å². The normalized spacial score (nSPS) is 14.1. The van der Waals surface area contributed by atoms with Crippen molar-refractivity contribution in [3.05, 3.63) is 82.4 Å². The van der Waals surface area contributed by atoms with Gasteiger partial charge in [0.15, 0.2) is 0 Å². The standard InChI is InChI=1S/C22H20ClFN4O2/c1-15-4-2-3-5-20(15)28-14-16(13-25-28)21(29)26-8-10-27(11-9-26)22(30)18-12-17(23)6-7-19(18)24/h2-7,12-14H,8-11H2,1H3. The minimum atomic E-state index is -0.605. The van der Waals surface area contributed by atoms with Gasteiger partial charge in [-0.2, -0.15) is 5.10 Å². The number of nitrogens with zero attached hydrogens (tertiary/aromatic N) is 4. The Kier molecular flexibility index (Phi) is 5.55. The number of para-hydroxylation sites is 1. The fourth-order valence-electron chi connectivity index (χ4n) is 3.51. The quantitative estimate of drug-likeness (QED) is 0.643. The number of aryl methyl sites for hydroxylation is 1. The highest BCUT2D eigenvalue weighted by Crippen LogP contribution is 2.19. The molecule has 0 unspecified atom stereocenters. The summed E-state index contributed by atoms with van der Waals surface area (Å²) in [6.45, 7) is 3.35. The molecule has 1 fully saturated rings. The van der Waals surface area contributed by atoms with Crippen molar-refractivity contribution in [2.45, 2.75) is 6.92 Å². The Hall–Kier alpha value is -3.19. The molecular formula is C22H20ClFN4O2. The van der Waals surface area contributed by atoms with Crippen LogP contribution < -0.4 is 0 Å². The van der Waals surface area contributed by atoms with Crippen molar-refractivity contribution in [3.63, 3.8) is 0 Å². The van der Waals surface area contributed by atoms with Gasteiger partial charge in [0, 0.05) is 37.4 Å². The van der Waals surface area contributed by atoms with Crippen LogP contribution in [0.1, 0.15) is 26.3 Å². The maximum absolute atomic E-state index is 14.0. The number of hydrogen-bond acceptors (Lipinski definition) is 3. The molecule has 0 atom stereocenters. The largest absolute Gasteiger partial charge is 0.335 e. The van der Waals surface area contributed by atoms with Crippen LogP contribution in [0, 0.1) is 12.7 Å². The molecule has 2 aromatic carbocycles. The second kappa shape index (κ2) is 8.28. The van der Waals surface area contributed by atoms with Crippen LogP contribution in [0.25, 0.3) is 5.69 Å². The molecule has 0 aliphatic carbocycles. The van der Waals surface area contributed by atoms with Gasteiger partial charge in [0.1, 0.15) is 5.82 Å². The second-order valence-corrected chi connectivity index (χ2v) is 7.61. The first-order chi connectivity index (χ1) is 14.4. The van der Waals surface area contributed by atoms with Crippen LogP contribution in [-0.4, -0.2) is 57.6 Å². The summed E-state index contributed by atoms with van der Waals surface area (Å²) >= 11 is 5.89. The molecule has 154 valence electrons. The van der Waals surface area contributed by atoms with Crippen LogP contribution in [0.15, 0.2) is 54.9 Å². The topological polar surface area (TPSA) is 58.4 Å². The SMILES string of the molecule is Cc1ccccc1-n1cc(C(=O)N2CCN(C(=O)c3cc(Cl)ccc3F)CC2)cn1. The Labute approximate surface area is 178 Å². The first-order valence-electron chi connectivity index (χ1n) is 9.58. The van der Waals surface area contributed by atoms with Crippen molar-refractivity contribution in [1.82, 2.24) is 19.6 Å². The Bertz CT molecular complexity index is 1110. The highest BCUT2D eigenvalue weighted by Gasteiger charge is 2.27. The number of halogens is 2. The summed E-state index contributed by atoms with van der Waals surface area (Å²) in [5, 5.41) is 4.62. The van der Waals surface area contributed by atoms with E-state index in [-0.39, 0.29) is 11.5 Å². The minimum absolute atomic E-state index is 0.0539. The molecule has 1 aromatic heterocycles.